The number of aliphatic hydroxyl groups excluding tert-OH is 2. The second-order valence-corrected chi connectivity index (χ2v) is 3.86. The molecule has 0 aromatic rings. The van der Waals surface area contributed by atoms with Crippen LogP contribution in [0.3, 0.4) is 0 Å². The molecule has 0 aromatic carbocycles. The zero-order chi connectivity index (χ0) is 9.64. The molecule has 2 aliphatic rings. The molecule has 0 radical (unpaired) electrons. The van der Waals surface area contributed by atoms with Gasteiger partial charge in [-0.2, -0.15) is 0 Å². The summed E-state index contributed by atoms with van der Waals surface area (Å²) in [6.07, 6.45) is -2.19. The van der Waals surface area contributed by atoms with Gasteiger partial charge in [-0.15, -0.1) is 0 Å². The summed E-state index contributed by atoms with van der Waals surface area (Å²) in [6, 6.07) is -0.356. The predicted octanol–water partition coefficient (Wildman–Crippen LogP) is -1.56. The van der Waals surface area contributed by atoms with Crippen molar-refractivity contribution in [3.8, 4) is 0 Å². The standard InChI is InChI=1S/C8H15NO4/c1-8-3-12-7(13-8)4(9-2)5(10)6(8)11/h4-7,9-11H,3H2,1-2H3/t4-,5-,6-,7+,8+/m1/s1. The average molecular weight is 189 g/mol. The summed E-state index contributed by atoms with van der Waals surface area (Å²) in [6.45, 7) is 2.07. The fourth-order valence-electron chi connectivity index (χ4n) is 1.94. The van der Waals surface area contributed by atoms with Crippen LogP contribution in [0.4, 0.5) is 0 Å². The smallest absolute Gasteiger partial charge is 0.176 e. The second-order valence-electron chi connectivity index (χ2n) is 3.86. The van der Waals surface area contributed by atoms with E-state index in [9.17, 15) is 10.2 Å². The van der Waals surface area contributed by atoms with Crippen molar-refractivity contribution < 1.29 is 19.7 Å². The van der Waals surface area contributed by atoms with E-state index in [1.54, 1.807) is 14.0 Å². The van der Waals surface area contributed by atoms with Gasteiger partial charge in [-0.25, -0.2) is 0 Å². The summed E-state index contributed by atoms with van der Waals surface area (Å²) in [7, 11) is 1.70. The summed E-state index contributed by atoms with van der Waals surface area (Å²) >= 11 is 0. The Kier molecular flexibility index (Phi) is 2.08. The molecule has 13 heavy (non-hydrogen) atoms. The molecule has 0 saturated carbocycles. The van der Waals surface area contributed by atoms with E-state index in [1.807, 2.05) is 0 Å². The number of likely N-dealkylation sites (N-methyl/N-ethyl adjacent to an activating group) is 1. The van der Waals surface area contributed by atoms with E-state index in [0.717, 1.165) is 0 Å². The maximum atomic E-state index is 9.73. The van der Waals surface area contributed by atoms with Crippen molar-refractivity contribution in [3.05, 3.63) is 0 Å². The number of hydrogen-bond acceptors (Lipinski definition) is 5. The van der Waals surface area contributed by atoms with Gasteiger partial charge < -0.3 is 25.0 Å². The van der Waals surface area contributed by atoms with Crippen LogP contribution < -0.4 is 5.32 Å². The molecule has 5 atom stereocenters. The Morgan fingerprint density at radius 1 is 1.46 bits per heavy atom. The van der Waals surface area contributed by atoms with Crippen LogP contribution >= 0.6 is 0 Å². The molecule has 3 N–H and O–H groups in total. The first kappa shape index (κ1) is 9.36. The van der Waals surface area contributed by atoms with Gasteiger partial charge in [-0.3, -0.25) is 0 Å². The van der Waals surface area contributed by atoms with Crippen LogP contribution in [-0.4, -0.2) is 54.0 Å². The highest BCUT2D eigenvalue weighted by atomic mass is 16.7. The molecule has 0 amide bonds. The lowest BCUT2D eigenvalue weighted by Crippen LogP contribution is -2.62. The first-order valence-corrected chi connectivity index (χ1v) is 4.41. The van der Waals surface area contributed by atoms with E-state index >= 15 is 0 Å². The molecule has 76 valence electrons. The number of hydrogen-bond donors (Lipinski definition) is 3. The number of ether oxygens (including phenoxy) is 2. The van der Waals surface area contributed by atoms with Gasteiger partial charge in [0.25, 0.3) is 0 Å². The monoisotopic (exact) mass is 189 g/mol. The van der Waals surface area contributed by atoms with Crippen LogP contribution in [0, 0.1) is 0 Å². The fraction of sp³-hybridized carbons (Fsp3) is 1.00. The van der Waals surface area contributed by atoms with Crippen LogP contribution in [-0.2, 0) is 9.47 Å². The topological polar surface area (TPSA) is 71.0 Å². The summed E-state index contributed by atoms with van der Waals surface area (Å²) < 4.78 is 10.8. The Labute approximate surface area is 76.6 Å². The van der Waals surface area contributed by atoms with Crippen molar-refractivity contribution in [1.82, 2.24) is 5.32 Å². The van der Waals surface area contributed by atoms with Gasteiger partial charge in [0.2, 0.25) is 0 Å². The third-order valence-corrected chi connectivity index (χ3v) is 2.86. The summed E-state index contributed by atoms with van der Waals surface area (Å²) in [5, 5.41) is 22.3. The van der Waals surface area contributed by atoms with Crippen LogP contribution in [0.15, 0.2) is 0 Å². The molecule has 5 heteroatoms. The van der Waals surface area contributed by atoms with Gasteiger partial charge in [0.05, 0.1) is 12.6 Å². The Balaban J connectivity index is 2.23. The highest BCUT2D eigenvalue weighted by molar-refractivity contribution is 5.03. The molecule has 2 saturated heterocycles. The van der Waals surface area contributed by atoms with Crippen molar-refractivity contribution in [2.45, 2.75) is 37.1 Å². The number of nitrogens with one attached hydrogen (secondary N) is 1. The minimum atomic E-state index is -0.899. The summed E-state index contributed by atoms with van der Waals surface area (Å²) in [4.78, 5) is 0. The van der Waals surface area contributed by atoms with Crippen LogP contribution in [0.5, 0.6) is 0 Å². The Hall–Kier alpha value is -0.200. The Morgan fingerprint density at radius 2 is 2.15 bits per heavy atom. The van der Waals surface area contributed by atoms with Crippen molar-refractivity contribution >= 4 is 0 Å². The van der Waals surface area contributed by atoms with Crippen LogP contribution in [0.2, 0.25) is 0 Å². The van der Waals surface area contributed by atoms with Crippen LogP contribution in [0.1, 0.15) is 6.92 Å². The molecule has 0 aromatic heterocycles. The molecule has 5 nitrogen and oxygen atoms in total. The number of aliphatic hydroxyl groups is 2. The first-order chi connectivity index (χ1) is 6.08. The molecule has 2 rings (SSSR count). The summed E-state index contributed by atoms with van der Waals surface area (Å²) in [5.74, 6) is 0. The van der Waals surface area contributed by atoms with Gasteiger partial charge in [0.15, 0.2) is 6.29 Å². The second kappa shape index (κ2) is 2.90. The molecule has 0 aliphatic carbocycles. The van der Waals surface area contributed by atoms with Crippen LogP contribution in [0.25, 0.3) is 0 Å². The van der Waals surface area contributed by atoms with Crippen molar-refractivity contribution in [1.29, 1.82) is 0 Å². The van der Waals surface area contributed by atoms with Gasteiger partial charge in [0, 0.05) is 0 Å². The normalized spacial score (nSPS) is 55.4. The SMILES string of the molecule is CN[C@H]1[C@H]2OC[C@](C)(O2)[C@H](O)[C@@H]1O. The molecule has 2 aliphatic heterocycles. The van der Waals surface area contributed by atoms with Gasteiger partial charge >= 0.3 is 0 Å². The molecule has 2 bridgehead atoms. The van der Waals surface area contributed by atoms with Gasteiger partial charge in [-0.1, -0.05) is 0 Å². The molecular weight excluding hydrogens is 174 g/mol. The quantitative estimate of drug-likeness (QED) is 0.465. The van der Waals surface area contributed by atoms with E-state index < -0.39 is 24.1 Å². The van der Waals surface area contributed by atoms with Gasteiger partial charge in [0.1, 0.15) is 17.8 Å². The molecule has 0 unspecified atom stereocenters. The average Bonchev–Trinajstić information content (AvgIpc) is 2.45. The lowest BCUT2D eigenvalue weighted by Gasteiger charge is -2.40. The van der Waals surface area contributed by atoms with E-state index in [2.05, 4.69) is 5.32 Å². The highest BCUT2D eigenvalue weighted by Gasteiger charge is 2.56. The zero-order valence-corrected chi connectivity index (χ0v) is 7.73. The molecule has 2 fully saturated rings. The van der Waals surface area contributed by atoms with E-state index in [-0.39, 0.29) is 6.04 Å². The third kappa shape index (κ3) is 1.19. The minimum Gasteiger partial charge on any atom is -0.388 e. The zero-order valence-electron chi connectivity index (χ0n) is 7.73. The van der Waals surface area contributed by atoms with E-state index in [1.165, 1.54) is 0 Å². The maximum absolute atomic E-state index is 9.73. The molecular formula is C8H15NO4. The van der Waals surface area contributed by atoms with Gasteiger partial charge in [-0.05, 0) is 14.0 Å². The molecule has 2 heterocycles. The fourth-order valence-corrected chi connectivity index (χ4v) is 1.94. The minimum absolute atomic E-state index is 0.327. The van der Waals surface area contributed by atoms with Crippen molar-refractivity contribution in [2.24, 2.45) is 0 Å². The van der Waals surface area contributed by atoms with E-state index in [0.29, 0.717) is 6.61 Å². The lowest BCUT2D eigenvalue weighted by atomic mass is 9.89. The van der Waals surface area contributed by atoms with Crippen molar-refractivity contribution in [2.75, 3.05) is 13.7 Å². The largest absolute Gasteiger partial charge is 0.388 e. The predicted molar refractivity (Wildman–Crippen MR) is 44.1 cm³/mol. The molecule has 0 spiro atoms. The maximum Gasteiger partial charge on any atom is 0.176 e. The Bertz CT molecular complexity index is 210. The number of fused-ring (bicyclic) bond motifs is 2. The first-order valence-electron chi connectivity index (χ1n) is 4.41. The third-order valence-electron chi connectivity index (χ3n) is 2.86. The Morgan fingerprint density at radius 3 is 2.77 bits per heavy atom. The summed E-state index contributed by atoms with van der Waals surface area (Å²) in [5.41, 5.74) is -0.753. The van der Waals surface area contributed by atoms with Crippen molar-refractivity contribution in [3.63, 3.8) is 0 Å². The lowest BCUT2D eigenvalue weighted by molar-refractivity contribution is -0.217. The highest BCUT2D eigenvalue weighted by Crippen LogP contribution is 2.36. The number of rotatable bonds is 1. The van der Waals surface area contributed by atoms with E-state index in [4.69, 9.17) is 9.47 Å².